The molecule has 32 heavy (non-hydrogen) atoms. The highest BCUT2D eigenvalue weighted by atomic mass is 19.1. The Bertz CT molecular complexity index is 916. The van der Waals surface area contributed by atoms with E-state index in [4.69, 9.17) is 14.2 Å². The first-order valence-corrected chi connectivity index (χ1v) is 10.2. The smallest absolute Gasteiger partial charge is 0.329 e. The minimum Gasteiger partial charge on any atom is -0.493 e. The molecule has 2 N–H and O–H groups in total. The molecule has 0 fully saturated rings. The first kappa shape index (κ1) is 24.8. The average molecular weight is 445 g/mol. The Morgan fingerprint density at radius 2 is 1.88 bits per heavy atom. The van der Waals surface area contributed by atoms with Gasteiger partial charge in [-0.1, -0.05) is 18.2 Å². The van der Waals surface area contributed by atoms with Gasteiger partial charge in [0.2, 0.25) is 0 Å². The maximum atomic E-state index is 13.1. The van der Waals surface area contributed by atoms with Crippen LogP contribution in [0.3, 0.4) is 0 Å². The van der Waals surface area contributed by atoms with Gasteiger partial charge in [-0.3, -0.25) is 9.59 Å². The van der Waals surface area contributed by atoms with Crippen LogP contribution in [0.5, 0.6) is 11.5 Å². The van der Waals surface area contributed by atoms with E-state index in [1.807, 2.05) is 13.8 Å². The van der Waals surface area contributed by atoms with Crippen LogP contribution in [-0.2, 0) is 20.9 Å². The zero-order chi connectivity index (χ0) is 23.3. The van der Waals surface area contributed by atoms with Gasteiger partial charge in [0.15, 0.2) is 11.5 Å². The molecule has 0 spiro atoms. The number of para-hydroxylation sites is 1. The molecule has 2 rings (SSSR count). The Balaban J connectivity index is 1.92. The van der Waals surface area contributed by atoms with Crippen LogP contribution in [0.2, 0.25) is 0 Å². The summed E-state index contributed by atoms with van der Waals surface area (Å²) in [4.78, 5) is 23.7. The lowest BCUT2D eigenvalue weighted by Gasteiger charge is -2.13. The molecule has 0 unspecified atom stereocenters. The van der Waals surface area contributed by atoms with E-state index in [1.165, 1.54) is 25.5 Å². The standard InChI is InChI=1S/C23H28FN3O5/c1-16(2)31-13-5-12-25-22(28)23(29)27-26-14-18-6-4-7-20(30-3)21(18)32-15-17-8-10-19(24)11-9-17/h4,6-11,14,16H,5,12-13,15H2,1-3H3,(H,25,28)(H,27,29)/b26-14-. The lowest BCUT2D eigenvalue weighted by Crippen LogP contribution is -2.38. The molecule has 0 atom stereocenters. The molecule has 0 radical (unpaired) electrons. The van der Waals surface area contributed by atoms with Crippen molar-refractivity contribution in [3.05, 3.63) is 59.4 Å². The molecule has 2 aromatic rings. The normalized spacial score (nSPS) is 10.9. The summed E-state index contributed by atoms with van der Waals surface area (Å²) in [5.41, 5.74) is 3.48. The van der Waals surface area contributed by atoms with Gasteiger partial charge in [-0.15, -0.1) is 0 Å². The Morgan fingerprint density at radius 1 is 1.12 bits per heavy atom. The summed E-state index contributed by atoms with van der Waals surface area (Å²) in [5.74, 6) is -1.15. The van der Waals surface area contributed by atoms with Crippen LogP contribution in [0.4, 0.5) is 4.39 Å². The van der Waals surface area contributed by atoms with Gasteiger partial charge in [0.25, 0.3) is 0 Å². The zero-order valence-corrected chi connectivity index (χ0v) is 18.4. The van der Waals surface area contributed by atoms with Crippen molar-refractivity contribution in [3.8, 4) is 11.5 Å². The highest BCUT2D eigenvalue weighted by molar-refractivity contribution is 6.35. The van der Waals surface area contributed by atoms with Crippen LogP contribution in [-0.4, -0.2) is 44.4 Å². The quantitative estimate of drug-likeness (QED) is 0.240. The predicted molar refractivity (Wildman–Crippen MR) is 118 cm³/mol. The summed E-state index contributed by atoms with van der Waals surface area (Å²) < 4.78 is 29.6. The van der Waals surface area contributed by atoms with Gasteiger partial charge >= 0.3 is 11.8 Å². The van der Waals surface area contributed by atoms with Crippen molar-refractivity contribution in [3.63, 3.8) is 0 Å². The largest absolute Gasteiger partial charge is 0.493 e. The number of ether oxygens (including phenoxy) is 3. The third-order valence-electron chi connectivity index (χ3n) is 4.16. The molecule has 2 aromatic carbocycles. The third kappa shape index (κ3) is 8.35. The number of rotatable bonds is 11. The fraction of sp³-hybridized carbons (Fsp3) is 0.348. The Labute approximate surface area is 186 Å². The topological polar surface area (TPSA) is 98.2 Å². The van der Waals surface area contributed by atoms with E-state index in [9.17, 15) is 14.0 Å². The number of amides is 2. The van der Waals surface area contributed by atoms with Crippen LogP contribution >= 0.6 is 0 Å². The number of hydrogen-bond donors (Lipinski definition) is 2. The fourth-order valence-corrected chi connectivity index (χ4v) is 2.57. The molecule has 0 saturated heterocycles. The number of benzene rings is 2. The number of carbonyl (C=O) groups excluding carboxylic acids is 2. The summed E-state index contributed by atoms with van der Waals surface area (Å²) in [5, 5.41) is 6.34. The minimum absolute atomic E-state index is 0.115. The molecule has 8 nitrogen and oxygen atoms in total. The molecule has 0 bridgehead atoms. The first-order chi connectivity index (χ1) is 15.4. The molecule has 0 saturated carbocycles. The second kappa shape index (κ2) is 13.1. The molecule has 0 aliphatic heterocycles. The molecule has 9 heteroatoms. The van der Waals surface area contributed by atoms with Crippen LogP contribution in [0.25, 0.3) is 0 Å². The van der Waals surface area contributed by atoms with Crippen LogP contribution in [0, 0.1) is 5.82 Å². The van der Waals surface area contributed by atoms with E-state index < -0.39 is 11.8 Å². The Kier molecular flexibility index (Phi) is 10.1. The number of hydrazone groups is 1. The van der Waals surface area contributed by atoms with Crippen molar-refractivity contribution in [2.24, 2.45) is 5.10 Å². The molecule has 0 aromatic heterocycles. The number of nitrogens with zero attached hydrogens (tertiary/aromatic N) is 1. The van der Waals surface area contributed by atoms with Crippen molar-refractivity contribution in [2.75, 3.05) is 20.3 Å². The van der Waals surface area contributed by atoms with Crippen LogP contribution in [0.15, 0.2) is 47.6 Å². The van der Waals surface area contributed by atoms with E-state index in [2.05, 4.69) is 15.8 Å². The second-order valence-electron chi connectivity index (χ2n) is 7.02. The minimum atomic E-state index is -0.886. The fourth-order valence-electron chi connectivity index (χ4n) is 2.57. The molecule has 2 amide bonds. The lowest BCUT2D eigenvalue weighted by molar-refractivity contribution is -0.139. The number of carbonyl (C=O) groups is 2. The van der Waals surface area contributed by atoms with Crippen molar-refractivity contribution in [1.82, 2.24) is 10.7 Å². The van der Waals surface area contributed by atoms with Crippen molar-refractivity contribution < 1.29 is 28.2 Å². The van der Waals surface area contributed by atoms with Gasteiger partial charge < -0.3 is 19.5 Å². The Hall–Kier alpha value is -3.46. The van der Waals surface area contributed by atoms with E-state index in [0.717, 1.165) is 5.56 Å². The third-order valence-corrected chi connectivity index (χ3v) is 4.16. The summed E-state index contributed by atoms with van der Waals surface area (Å²) in [6.07, 6.45) is 2.06. The summed E-state index contributed by atoms with van der Waals surface area (Å²) >= 11 is 0. The zero-order valence-electron chi connectivity index (χ0n) is 18.4. The van der Waals surface area contributed by atoms with Gasteiger partial charge in [0.1, 0.15) is 12.4 Å². The number of hydrogen-bond acceptors (Lipinski definition) is 6. The van der Waals surface area contributed by atoms with Gasteiger partial charge in [-0.2, -0.15) is 5.10 Å². The summed E-state index contributed by atoms with van der Waals surface area (Å²) in [7, 11) is 1.50. The second-order valence-corrected chi connectivity index (χ2v) is 7.02. The molecule has 0 heterocycles. The predicted octanol–water partition coefficient (Wildman–Crippen LogP) is 2.79. The maximum Gasteiger partial charge on any atom is 0.329 e. The number of halogens is 1. The Morgan fingerprint density at radius 3 is 2.56 bits per heavy atom. The SMILES string of the molecule is COc1cccc(/C=N\NC(=O)C(=O)NCCCOC(C)C)c1OCc1ccc(F)cc1. The maximum absolute atomic E-state index is 13.1. The van der Waals surface area contributed by atoms with Gasteiger partial charge in [0, 0.05) is 18.7 Å². The van der Waals surface area contributed by atoms with E-state index in [0.29, 0.717) is 36.6 Å². The van der Waals surface area contributed by atoms with Crippen LogP contribution in [0.1, 0.15) is 31.4 Å². The number of methoxy groups -OCH3 is 1. The first-order valence-electron chi connectivity index (χ1n) is 10.2. The molecule has 0 aliphatic rings. The highest BCUT2D eigenvalue weighted by Crippen LogP contribution is 2.30. The molecular weight excluding hydrogens is 417 g/mol. The van der Waals surface area contributed by atoms with Crippen molar-refractivity contribution in [2.45, 2.75) is 33.0 Å². The monoisotopic (exact) mass is 445 g/mol. The van der Waals surface area contributed by atoms with Gasteiger partial charge in [0.05, 0.1) is 19.4 Å². The number of nitrogens with one attached hydrogen (secondary N) is 2. The van der Waals surface area contributed by atoms with Gasteiger partial charge in [-0.05, 0) is 50.1 Å². The van der Waals surface area contributed by atoms with Crippen molar-refractivity contribution in [1.29, 1.82) is 0 Å². The lowest BCUT2D eigenvalue weighted by atomic mass is 10.2. The summed E-state index contributed by atoms with van der Waals surface area (Å²) in [6.45, 7) is 4.84. The van der Waals surface area contributed by atoms with E-state index in [-0.39, 0.29) is 18.5 Å². The highest BCUT2D eigenvalue weighted by Gasteiger charge is 2.13. The van der Waals surface area contributed by atoms with Crippen LogP contribution < -0.4 is 20.2 Å². The van der Waals surface area contributed by atoms with Crippen molar-refractivity contribution >= 4 is 18.0 Å². The van der Waals surface area contributed by atoms with E-state index in [1.54, 1.807) is 30.3 Å². The van der Waals surface area contributed by atoms with Gasteiger partial charge in [-0.25, -0.2) is 9.82 Å². The molecular formula is C23H28FN3O5. The summed E-state index contributed by atoms with van der Waals surface area (Å²) in [6, 6.07) is 11.1. The molecule has 0 aliphatic carbocycles. The molecule has 172 valence electrons. The average Bonchev–Trinajstić information content (AvgIpc) is 2.78. The van der Waals surface area contributed by atoms with E-state index >= 15 is 0 Å².